The summed E-state index contributed by atoms with van der Waals surface area (Å²) >= 11 is 0. The maximum atomic E-state index is 12.0. The standard InChI is InChI=1S/C13H23N5O/c1-4-6-10(2)17(3)13(19)14-9-12-16-15-11-7-5-8-18(11)12/h10H,4-9H2,1-3H3,(H,14,19). The minimum absolute atomic E-state index is 0.0451. The predicted octanol–water partition coefficient (Wildman–Crippen LogP) is 1.55. The molecule has 6 nitrogen and oxygen atoms in total. The summed E-state index contributed by atoms with van der Waals surface area (Å²) in [7, 11) is 1.84. The highest BCUT2D eigenvalue weighted by molar-refractivity contribution is 5.74. The molecule has 0 spiro atoms. The van der Waals surface area contributed by atoms with E-state index in [1.54, 1.807) is 4.90 Å². The van der Waals surface area contributed by atoms with Gasteiger partial charge in [-0.2, -0.15) is 0 Å². The molecule has 0 saturated carbocycles. The van der Waals surface area contributed by atoms with Gasteiger partial charge < -0.3 is 14.8 Å². The molecule has 1 atom stereocenters. The first-order valence-electron chi connectivity index (χ1n) is 7.05. The molecule has 0 saturated heterocycles. The zero-order valence-electron chi connectivity index (χ0n) is 12.0. The lowest BCUT2D eigenvalue weighted by atomic mass is 10.2. The Balaban J connectivity index is 1.86. The lowest BCUT2D eigenvalue weighted by Crippen LogP contribution is -2.42. The molecule has 2 heterocycles. The lowest BCUT2D eigenvalue weighted by molar-refractivity contribution is 0.190. The van der Waals surface area contributed by atoms with Crippen molar-refractivity contribution in [3.8, 4) is 0 Å². The summed E-state index contributed by atoms with van der Waals surface area (Å²) in [6, 6.07) is 0.213. The minimum Gasteiger partial charge on any atom is -0.331 e. The molecule has 1 aliphatic heterocycles. The highest BCUT2D eigenvalue weighted by Crippen LogP contribution is 2.13. The van der Waals surface area contributed by atoms with E-state index in [9.17, 15) is 4.79 Å². The first-order chi connectivity index (χ1) is 9.13. The third-order valence-electron chi connectivity index (χ3n) is 3.77. The summed E-state index contributed by atoms with van der Waals surface area (Å²) in [5.74, 6) is 1.90. The quantitative estimate of drug-likeness (QED) is 0.878. The normalized spacial score (nSPS) is 15.1. The van der Waals surface area contributed by atoms with Crippen molar-refractivity contribution in [3.63, 3.8) is 0 Å². The van der Waals surface area contributed by atoms with Crippen molar-refractivity contribution in [2.45, 2.75) is 58.7 Å². The molecule has 1 aromatic heterocycles. The Morgan fingerprint density at radius 3 is 3.05 bits per heavy atom. The zero-order valence-corrected chi connectivity index (χ0v) is 12.0. The van der Waals surface area contributed by atoms with Gasteiger partial charge in [-0.15, -0.1) is 10.2 Å². The Labute approximate surface area is 114 Å². The van der Waals surface area contributed by atoms with Crippen molar-refractivity contribution in [1.82, 2.24) is 25.0 Å². The lowest BCUT2D eigenvalue weighted by Gasteiger charge is -2.24. The molecule has 1 unspecified atom stereocenters. The molecule has 1 aromatic rings. The Morgan fingerprint density at radius 1 is 1.53 bits per heavy atom. The van der Waals surface area contributed by atoms with Crippen molar-refractivity contribution >= 4 is 6.03 Å². The van der Waals surface area contributed by atoms with E-state index in [1.807, 2.05) is 7.05 Å². The van der Waals surface area contributed by atoms with Gasteiger partial charge in [0.1, 0.15) is 5.82 Å². The van der Waals surface area contributed by atoms with Crippen LogP contribution in [-0.2, 0) is 19.5 Å². The highest BCUT2D eigenvalue weighted by Gasteiger charge is 2.19. The van der Waals surface area contributed by atoms with Crippen LogP contribution in [0.4, 0.5) is 4.79 Å². The van der Waals surface area contributed by atoms with Crippen LogP contribution in [0.1, 0.15) is 44.8 Å². The molecular weight excluding hydrogens is 242 g/mol. The maximum Gasteiger partial charge on any atom is 0.317 e. The average Bonchev–Trinajstić information content (AvgIpc) is 2.98. The number of nitrogens with zero attached hydrogens (tertiary/aromatic N) is 4. The number of aromatic nitrogens is 3. The van der Waals surface area contributed by atoms with Gasteiger partial charge in [0.2, 0.25) is 0 Å². The number of carbonyl (C=O) groups excluding carboxylic acids is 1. The molecule has 2 rings (SSSR count). The molecule has 19 heavy (non-hydrogen) atoms. The Morgan fingerprint density at radius 2 is 2.32 bits per heavy atom. The molecule has 1 N–H and O–H groups in total. The SMILES string of the molecule is CCCC(C)N(C)C(=O)NCc1nnc2n1CCC2. The van der Waals surface area contributed by atoms with E-state index in [1.165, 1.54) is 0 Å². The molecule has 106 valence electrons. The van der Waals surface area contributed by atoms with Crippen LogP contribution in [0.5, 0.6) is 0 Å². The van der Waals surface area contributed by atoms with Crippen LogP contribution in [0.2, 0.25) is 0 Å². The molecule has 0 aromatic carbocycles. The molecule has 1 aliphatic rings. The van der Waals surface area contributed by atoms with Crippen LogP contribution in [0.3, 0.4) is 0 Å². The van der Waals surface area contributed by atoms with Gasteiger partial charge in [-0.05, 0) is 19.8 Å². The van der Waals surface area contributed by atoms with Crippen LogP contribution in [0.15, 0.2) is 0 Å². The largest absolute Gasteiger partial charge is 0.331 e. The van der Waals surface area contributed by atoms with Gasteiger partial charge in [0.05, 0.1) is 6.54 Å². The Kier molecular flexibility index (Phi) is 4.39. The van der Waals surface area contributed by atoms with E-state index < -0.39 is 0 Å². The van der Waals surface area contributed by atoms with Crippen molar-refractivity contribution in [2.24, 2.45) is 0 Å². The first-order valence-corrected chi connectivity index (χ1v) is 7.05. The van der Waals surface area contributed by atoms with Crippen LogP contribution >= 0.6 is 0 Å². The number of hydrogen-bond acceptors (Lipinski definition) is 3. The van der Waals surface area contributed by atoms with E-state index in [2.05, 4.69) is 33.9 Å². The third kappa shape index (κ3) is 3.05. The summed E-state index contributed by atoms with van der Waals surface area (Å²) in [4.78, 5) is 13.8. The zero-order chi connectivity index (χ0) is 13.8. The average molecular weight is 265 g/mol. The van der Waals surface area contributed by atoms with E-state index in [4.69, 9.17) is 0 Å². The first kappa shape index (κ1) is 13.8. The Bertz CT molecular complexity index is 442. The summed E-state index contributed by atoms with van der Waals surface area (Å²) in [5.41, 5.74) is 0. The fourth-order valence-corrected chi connectivity index (χ4v) is 2.43. The molecule has 0 fully saturated rings. The van der Waals surface area contributed by atoms with E-state index in [-0.39, 0.29) is 12.1 Å². The molecule has 2 amide bonds. The molecule has 0 aliphatic carbocycles. The number of carbonyl (C=O) groups is 1. The van der Waals surface area contributed by atoms with Gasteiger partial charge in [0.15, 0.2) is 5.82 Å². The van der Waals surface area contributed by atoms with Gasteiger partial charge in [0, 0.05) is 26.1 Å². The monoisotopic (exact) mass is 265 g/mol. The van der Waals surface area contributed by atoms with Crippen molar-refractivity contribution in [2.75, 3.05) is 7.05 Å². The van der Waals surface area contributed by atoms with Gasteiger partial charge >= 0.3 is 6.03 Å². The second kappa shape index (κ2) is 6.04. The van der Waals surface area contributed by atoms with Crippen LogP contribution in [-0.4, -0.2) is 38.8 Å². The fraction of sp³-hybridized carbons (Fsp3) is 0.769. The number of fused-ring (bicyclic) bond motifs is 1. The number of rotatable bonds is 5. The van der Waals surface area contributed by atoms with Crippen LogP contribution < -0.4 is 5.32 Å². The van der Waals surface area contributed by atoms with Crippen LogP contribution in [0.25, 0.3) is 0 Å². The maximum absolute atomic E-state index is 12.0. The molecular formula is C13H23N5O. The van der Waals surface area contributed by atoms with Gasteiger partial charge in [-0.1, -0.05) is 13.3 Å². The number of aryl methyl sites for hydroxylation is 1. The number of amides is 2. The van der Waals surface area contributed by atoms with Gasteiger partial charge in [-0.25, -0.2) is 4.79 Å². The van der Waals surface area contributed by atoms with Crippen LogP contribution in [0, 0.1) is 0 Å². The van der Waals surface area contributed by atoms with Crippen molar-refractivity contribution in [1.29, 1.82) is 0 Å². The highest BCUT2D eigenvalue weighted by atomic mass is 16.2. The number of nitrogens with one attached hydrogen (secondary N) is 1. The van der Waals surface area contributed by atoms with E-state index in [0.29, 0.717) is 6.54 Å². The van der Waals surface area contributed by atoms with Gasteiger partial charge in [0.25, 0.3) is 0 Å². The van der Waals surface area contributed by atoms with Crippen molar-refractivity contribution < 1.29 is 4.79 Å². The van der Waals surface area contributed by atoms with E-state index in [0.717, 1.165) is 43.9 Å². The minimum atomic E-state index is -0.0451. The van der Waals surface area contributed by atoms with Gasteiger partial charge in [-0.3, -0.25) is 0 Å². The summed E-state index contributed by atoms with van der Waals surface area (Å²) in [5, 5.41) is 11.2. The second-order valence-corrected chi connectivity index (χ2v) is 5.19. The molecule has 6 heteroatoms. The smallest absolute Gasteiger partial charge is 0.317 e. The topological polar surface area (TPSA) is 63.1 Å². The summed E-state index contributed by atoms with van der Waals surface area (Å²) in [6.45, 7) is 5.62. The summed E-state index contributed by atoms with van der Waals surface area (Å²) in [6.07, 6.45) is 4.22. The second-order valence-electron chi connectivity index (χ2n) is 5.19. The number of urea groups is 1. The Hall–Kier alpha value is -1.59. The third-order valence-corrected chi connectivity index (χ3v) is 3.77. The fourth-order valence-electron chi connectivity index (χ4n) is 2.43. The molecule has 0 radical (unpaired) electrons. The van der Waals surface area contributed by atoms with E-state index >= 15 is 0 Å². The predicted molar refractivity (Wildman–Crippen MR) is 72.7 cm³/mol. The molecule has 0 bridgehead atoms. The summed E-state index contributed by atoms with van der Waals surface area (Å²) < 4.78 is 2.11. The number of hydrogen-bond donors (Lipinski definition) is 1. The van der Waals surface area contributed by atoms with Crippen molar-refractivity contribution in [3.05, 3.63) is 11.6 Å².